The summed E-state index contributed by atoms with van der Waals surface area (Å²) < 4.78 is 5.11. The van der Waals surface area contributed by atoms with E-state index in [9.17, 15) is 4.79 Å². The molecule has 0 saturated carbocycles. The Kier molecular flexibility index (Phi) is 9.08. The number of benzene rings is 2. The van der Waals surface area contributed by atoms with E-state index in [1.807, 2.05) is 30.3 Å². The van der Waals surface area contributed by atoms with E-state index in [0.717, 1.165) is 36.7 Å². The number of hydrogen-bond acceptors (Lipinski definition) is 4. The number of nitrogens with zero attached hydrogens (tertiary/aromatic N) is 2. The molecule has 0 spiro atoms. The fraction of sp³-hybridized carbons (Fsp3) is 0.308. The highest BCUT2D eigenvalue weighted by Gasteiger charge is 2.10. The molecule has 33 heavy (non-hydrogen) atoms. The zero-order chi connectivity index (χ0) is 23.5. The molecular formula is C26H33N5O2. The molecule has 7 nitrogen and oxygen atoms in total. The number of guanidine groups is 1. The second-order valence-corrected chi connectivity index (χ2v) is 8.02. The van der Waals surface area contributed by atoms with E-state index in [4.69, 9.17) is 4.42 Å². The Hall–Kier alpha value is -3.58. The summed E-state index contributed by atoms with van der Waals surface area (Å²) in [4.78, 5) is 18.7. The van der Waals surface area contributed by atoms with Gasteiger partial charge in [0.15, 0.2) is 11.7 Å². The van der Waals surface area contributed by atoms with E-state index in [-0.39, 0.29) is 11.7 Å². The van der Waals surface area contributed by atoms with Crippen molar-refractivity contribution in [3.05, 3.63) is 89.9 Å². The summed E-state index contributed by atoms with van der Waals surface area (Å²) in [5, 5.41) is 9.54. The molecule has 1 aromatic heterocycles. The molecule has 0 aliphatic rings. The molecule has 0 bridgehead atoms. The van der Waals surface area contributed by atoms with Crippen molar-refractivity contribution in [2.75, 3.05) is 26.0 Å². The van der Waals surface area contributed by atoms with Crippen LogP contribution in [-0.4, -0.2) is 43.4 Å². The van der Waals surface area contributed by atoms with Gasteiger partial charge in [-0.25, -0.2) is 0 Å². The van der Waals surface area contributed by atoms with Gasteiger partial charge in [0, 0.05) is 38.4 Å². The Morgan fingerprint density at radius 3 is 2.42 bits per heavy atom. The highest BCUT2D eigenvalue weighted by atomic mass is 16.3. The number of amides is 1. The molecule has 3 aromatic rings. The van der Waals surface area contributed by atoms with Crippen LogP contribution >= 0.6 is 0 Å². The largest absolute Gasteiger partial charge is 0.459 e. The van der Waals surface area contributed by atoms with E-state index < -0.39 is 0 Å². The Bertz CT molecular complexity index is 1000. The minimum Gasteiger partial charge on any atom is -0.459 e. The molecule has 174 valence electrons. The van der Waals surface area contributed by atoms with E-state index in [1.165, 1.54) is 11.8 Å². The minimum atomic E-state index is -0.265. The average Bonchev–Trinajstić information content (AvgIpc) is 3.38. The summed E-state index contributed by atoms with van der Waals surface area (Å²) in [6, 6.07) is 22.0. The number of hydrogen-bond donors (Lipinski definition) is 3. The third-order valence-corrected chi connectivity index (χ3v) is 5.52. The number of carbonyl (C=O) groups excluding carboxylic acids is 1. The molecule has 7 heteroatoms. The first-order valence-corrected chi connectivity index (χ1v) is 11.2. The zero-order valence-corrected chi connectivity index (χ0v) is 19.5. The van der Waals surface area contributed by atoms with Crippen LogP contribution in [0.5, 0.6) is 0 Å². The minimum absolute atomic E-state index is 0.265. The van der Waals surface area contributed by atoms with Gasteiger partial charge in [-0.15, -0.1) is 0 Å². The van der Waals surface area contributed by atoms with E-state index in [1.54, 1.807) is 19.2 Å². The summed E-state index contributed by atoms with van der Waals surface area (Å²) in [6.07, 6.45) is 2.49. The number of anilines is 1. The maximum Gasteiger partial charge on any atom is 0.291 e. The van der Waals surface area contributed by atoms with Crippen LogP contribution in [0, 0.1) is 0 Å². The molecule has 3 N–H and O–H groups in total. The molecule has 0 fully saturated rings. The highest BCUT2D eigenvalue weighted by molar-refractivity contribution is 6.02. The summed E-state index contributed by atoms with van der Waals surface area (Å²) in [5.41, 5.74) is 3.13. The fourth-order valence-electron chi connectivity index (χ4n) is 3.36. The first kappa shape index (κ1) is 24.1. The van der Waals surface area contributed by atoms with Crippen molar-refractivity contribution in [3.8, 4) is 0 Å². The Labute approximate surface area is 195 Å². The molecule has 0 aliphatic carbocycles. The van der Waals surface area contributed by atoms with Gasteiger partial charge in [-0.3, -0.25) is 14.7 Å². The van der Waals surface area contributed by atoms with Crippen LogP contribution in [0.3, 0.4) is 0 Å². The normalized spacial score (nSPS) is 12.4. The Balaban J connectivity index is 1.38. The van der Waals surface area contributed by atoms with Crippen molar-refractivity contribution >= 4 is 17.6 Å². The Morgan fingerprint density at radius 2 is 1.76 bits per heavy atom. The van der Waals surface area contributed by atoms with Crippen molar-refractivity contribution in [1.82, 2.24) is 15.5 Å². The first-order chi connectivity index (χ1) is 16.0. The molecule has 1 atom stereocenters. The van der Waals surface area contributed by atoms with Crippen LogP contribution in [0.25, 0.3) is 0 Å². The summed E-state index contributed by atoms with van der Waals surface area (Å²) in [7, 11) is 3.93. The predicted octanol–water partition coefficient (Wildman–Crippen LogP) is 4.11. The first-order valence-electron chi connectivity index (χ1n) is 11.2. The molecule has 1 heterocycles. The average molecular weight is 448 g/mol. The van der Waals surface area contributed by atoms with Gasteiger partial charge in [-0.05, 0) is 55.8 Å². The molecule has 0 radical (unpaired) electrons. The third-order valence-electron chi connectivity index (χ3n) is 5.52. The summed E-state index contributed by atoms with van der Waals surface area (Å²) >= 11 is 0. The van der Waals surface area contributed by atoms with Crippen molar-refractivity contribution in [3.63, 3.8) is 0 Å². The number of carbonyl (C=O) groups is 1. The molecule has 3 rings (SSSR count). The topological polar surface area (TPSA) is 81.9 Å². The van der Waals surface area contributed by atoms with Crippen LogP contribution < -0.4 is 16.0 Å². The van der Waals surface area contributed by atoms with Gasteiger partial charge in [0.25, 0.3) is 5.91 Å². The lowest BCUT2D eigenvalue weighted by Gasteiger charge is -2.25. The van der Waals surface area contributed by atoms with Crippen molar-refractivity contribution in [2.45, 2.75) is 32.5 Å². The fourth-order valence-corrected chi connectivity index (χ4v) is 3.36. The van der Waals surface area contributed by atoms with Crippen LogP contribution in [-0.2, 0) is 13.1 Å². The van der Waals surface area contributed by atoms with Gasteiger partial charge in [0.2, 0.25) is 0 Å². The van der Waals surface area contributed by atoms with Gasteiger partial charge in [-0.2, -0.15) is 0 Å². The van der Waals surface area contributed by atoms with E-state index >= 15 is 0 Å². The van der Waals surface area contributed by atoms with Crippen LogP contribution in [0.2, 0.25) is 0 Å². The van der Waals surface area contributed by atoms with Gasteiger partial charge in [-0.1, -0.05) is 42.5 Å². The maximum atomic E-state index is 12.1. The van der Waals surface area contributed by atoms with Crippen molar-refractivity contribution in [2.24, 2.45) is 4.99 Å². The lowest BCUT2D eigenvalue weighted by molar-refractivity contribution is 0.0996. The lowest BCUT2D eigenvalue weighted by Crippen LogP contribution is -2.39. The highest BCUT2D eigenvalue weighted by Crippen LogP contribution is 2.12. The molecule has 1 amide bonds. The van der Waals surface area contributed by atoms with Crippen molar-refractivity contribution in [1.29, 1.82) is 0 Å². The van der Waals surface area contributed by atoms with Crippen LogP contribution in [0.15, 0.2) is 82.4 Å². The monoisotopic (exact) mass is 447 g/mol. The van der Waals surface area contributed by atoms with Gasteiger partial charge in [0.05, 0.1) is 6.26 Å². The van der Waals surface area contributed by atoms with Gasteiger partial charge in [0.1, 0.15) is 0 Å². The standard InChI is InChI=1S/C26H33N5O2/c1-20(31(3)19-22-8-5-4-6-9-22)15-16-28-26(27-2)29-18-21-11-13-23(14-12-21)30-25(32)24-10-7-17-33-24/h4-14,17,20H,15-16,18-19H2,1-3H3,(H,30,32)(H2,27,28,29). The van der Waals surface area contributed by atoms with Gasteiger partial charge < -0.3 is 20.4 Å². The van der Waals surface area contributed by atoms with Crippen LogP contribution in [0.1, 0.15) is 35.0 Å². The third kappa shape index (κ3) is 7.80. The lowest BCUT2D eigenvalue weighted by atomic mass is 10.1. The molecular weight excluding hydrogens is 414 g/mol. The van der Waals surface area contributed by atoms with Gasteiger partial charge >= 0.3 is 0 Å². The maximum absolute atomic E-state index is 12.1. The number of aliphatic imine (C=N–C) groups is 1. The summed E-state index contributed by atoms with van der Waals surface area (Å²) in [5.74, 6) is 0.790. The SMILES string of the molecule is CN=C(NCCC(C)N(C)Cc1ccccc1)NCc1ccc(NC(=O)c2ccco2)cc1. The second kappa shape index (κ2) is 12.5. The molecule has 1 unspecified atom stereocenters. The number of nitrogens with one attached hydrogen (secondary N) is 3. The zero-order valence-electron chi connectivity index (χ0n) is 19.5. The van der Waals surface area contributed by atoms with Crippen LogP contribution in [0.4, 0.5) is 5.69 Å². The predicted molar refractivity (Wildman–Crippen MR) is 133 cm³/mol. The second-order valence-electron chi connectivity index (χ2n) is 8.02. The number of rotatable bonds is 10. The quantitative estimate of drug-likeness (QED) is 0.322. The van der Waals surface area contributed by atoms with E-state index in [2.05, 4.69) is 64.1 Å². The molecule has 0 aliphatic heterocycles. The van der Waals surface area contributed by atoms with Crippen molar-refractivity contribution < 1.29 is 9.21 Å². The Morgan fingerprint density at radius 1 is 1.00 bits per heavy atom. The smallest absolute Gasteiger partial charge is 0.291 e. The number of furan rings is 1. The van der Waals surface area contributed by atoms with E-state index in [0.29, 0.717) is 12.6 Å². The molecule has 2 aromatic carbocycles. The summed E-state index contributed by atoms with van der Waals surface area (Å²) in [6.45, 7) is 4.65. The molecule has 0 saturated heterocycles.